The van der Waals surface area contributed by atoms with Gasteiger partial charge in [0.05, 0.1) is 0 Å². The molecule has 0 bridgehead atoms. The highest BCUT2D eigenvalue weighted by atomic mass is 35.5. The van der Waals surface area contributed by atoms with Gasteiger partial charge in [0.2, 0.25) is 0 Å². The highest BCUT2D eigenvalue weighted by molar-refractivity contribution is 6.30. The summed E-state index contributed by atoms with van der Waals surface area (Å²) in [7, 11) is 0. The highest BCUT2D eigenvalue weighted by Gasteiger charge is 2.07. The van der Waals surface area contributed by atoms with E-state index < -0.39 is 0 Å². The molecule has 0 amide bonds. The van der Waals surface area contributed by atoms with Crippen LogP contribution in [0.2, 0.25) is 5.02 Å². The van der Waals surface area contributed by atoms with Crippen LogP contribution in [0.1, 0.15) is 0 Å². The second-order valence-electron chi connectivity index (χ2n) is 2.89. The molecule has 0 unspecified atom stereocenters. The number of benzene rings is 1. The Kier molecular flexibility index (Phi) is 2.05. The molecule has 2 rings (SSSR count). The number of aromatic nitrogens is 2. The lowest BCUT2D eigenvalue weighted by molar-refractivity contribution is 1.01. The first-order chi connectivity index (χ1) is 6.68. The molecule has 0 atom stereocenters. The molecule has 0 aliphatic carbocycles. The predicted molar refractivity (Wildman–Crippen MR) is 57.2 cm³/mol. The second-order valence-corrected chi connectivity index (χ2v) is 3.33. The van der Waals surface area contributed by atoms with Gasteiger partial charge < -0.3 is 11.6 Å². The van der Waals surface area contributed by atoms with E-state index in [1.807, 2.05) is 12.1 Å². The fourth-order valence-electron chi connectivity index (χ4n) is 1.20. The average molecular weight is 209 g/mol. The number of nitrogens with two attached hydrogens (primary N) is 2. The van der Waals surface area contributed by atoms with Gasteiger partial charge in [-0.05, 0) is 12.1 Å². The van der Waals surface area contributed by atoms with Crippen LogP contribution < -0.4 is 11.6 Å². The normalized spacial score (nSPS) is 10.4. The Balaban J connectivity index is 2.49. The molecule has 1 aromatic heterocycles. The van der Waals surface area contributed by atoms with Crippen LogP contribution in [-0.4, -0.2) is 9.66 Å². The van der Waals surface area contributed by atoms with Gasteiger partial charge >= 0.3 is 0 Å². The van der Waals surface area contributed by atoms with E-state index in [9.17, 15) is 0 Å². The second kappa shape index (κ2) is 3.23. The third-order valence-corrected chi connectivity index (χ3v) is 2.20. The van der Waals surface area contributed by atoms with E-state index >= 15 is 0 Å². The van der Waals surface area contributed by atoms with Crippen molar-refractivity contribution < 1.29 is 0 Å². The van der Waals surface area contributed by atoms with Gasteiger partial charge in [-0.2, -0.15) is 0 Å². The molecule has 0 saturated carbocycles. The van der Waals surface area contributed by atoms with E-state index in [0.717, 1.165) is 5.56 Å². The number of hydrogen-bond donors (Lipinski definition) is 2. The first-order valence-corrected chi connectivity index (χ1v) is 4.40. The van der Waals surface area contributed by atoms with Crippen LogP contribution in [-0.2, 0) is 0 Å². The van der Waals surface area contributed by atoms with Crippen molar-refractivity contribution in [1.29, 1.82) is 0 Å². The smallest absolute Gasteiger partial charge is 0.150 e. The van der Waals surface area contributed by atoms with Crippen LogP contribution in [0.3, 0.4) is 0 Å². The van der Waals surface area contributed by atoms with Gasteiger partial charge in [-0.15, -0.1) is 0 Å². The fourth-order valence-corrected chi connectivity index (χ4v) is 1.33. The van der Waals surface area contributed by atoms with Gasteiger partial charge in [-0.3, -0.25) is 0 Å². The van der Waals surface area contributed by atoms with Gasteiger partial charge in [0, 0.05) is 10.6 Å². The molecule has 0 radical (unpaired) electrons. The maximum Gasteiger partial charge on any atom is 0.150 e. The Bertz CT molecular complexity index is 446. The number of imidazole rings is 1. The van der Waals surface area contributed by atoms with Gasteiger partial charge in [-0.1, -0.05) is 23.7 Å². The van der Waals surface area contributed by atoms with Crippen molar-refractivity contribution in [3.63, 3.8) is 0 Å². The summed E-state index contributed by atoms with van der Waals surface area (Å²) >= 11 is 5.76. The quantitative estimate of drug-likeness (QED) is 0.698. The lowest BCUT2D eigenvalue weighted by atomic mass is 10.1. The number of nitrogens with zero attached hydrogens (tertiary/aromatic N) is 2. The van der Waals surface area contributed by atoms with Crippen LogP contribution in [0.15, 0.2) is 30.6 Å². The maximum absolute atomic E-state index is 5.76. The number of halogens is 1. The minimum absolute atomic E-state index is 0.437. The molecule has 0 fully saturated rings. The first kappa shape index (κ1) is 8.90. The molecule has 0 aliphatic rings. The summed E-state index contributed by atoms with van der Waals surface area (Å²) in [5.74, 6) is 5.95. The molecule has 1 aromatic carbocycles. The zero-order valence-corrected chi connectivity index (χ0v) is 8.07. The molecule has 72 valence electrons. The van der Waals surface area contributed by atoms with Crippen LogP contribution in [0.4, 0.5) is 5.82 Å². The van der Waals surface area contributed by atoms with Gasteiger partial charge in [0.15, 0.2) is 0 Å². The zero-order valence-electron chi connectivity index (χ0n) is 7.31. The molecule has 0 saturated heterocycles. The van der Waals surface area contributed by atoms with Gasteiger partial charge in [0.1, 0.15) is 17.8 Å². The molecule has 14 heavy (non-hydrogen) atoms. The van der Waals surface area contributed by atoms with Crippen molar-refractivity contribution in [2.75, 3.05) is 11.6 Å². The van der Waals surface area contributed by atoms with E-state index in [-0.39, 0.29) is 0 Å². The van der Waals surface area contributed by atoms with Crippen molar-refractivity contribution in [2.45, 2.75) is 0 Å². The highest BCUT2D eigenvalue weighted by Crippen LogP contribution is 2.24. The summed E-state index contributed by atoms with van der Waals surface area (Å²) in [6, 6.07) is 7.26. The van der Waals surface area contributed by atoms with Crippen LogP contribution in [0.25, 0.3) is 11.3 Å². The molecular weight excluding hydrogens is 200 g/mol. The van der Waals surface area contributed by atoms with E-state index in [1.165, 1.54) is 11.0 Å². The summed E-state index contributed by atoms with van der Waals surface area (Å²) in [5, 5.41) is 0.680. The van der Waals surface area contributed by atoms with Crippen molar-refractivity contribution in [3.05, 3.63) is 35.6 Å². The van der Waals surface area contributed by atoms with Crippen molar-refractivity contribution in [3.8, 4) is 11.3 Å². The molecule has 4 N–H and O–H groups in total. The Hall–Kier alpha value is -1.68. The van der Waals surface area contributed by atoms with E-state index in [1.54, 1.807) is 12.1 Å². The number of anilines is 1. The number of nitrogen functional groups attached to an aromatic ring is 2. The Morgan fingerprint density at radius 3 is 2.36 bits per heavy atom. The molecule has 5 heteroatoms. The zero-order chi connectivity index (χ0) is 10.1. The topological polar surface area (TPSA) is 69.9 Å². The molecule has 0 spiro atoms. The lowest BCUT2D eigenvalue weighted by Gasteiger charge is -1.99. The van der Waals surface area contributed by atoms with Gasteiger partial charge in [0.25, 0.3) is 0 Å². The van der Waals surface area contributed by atoms with Gasteiger partial charge in [-0.25, -0.2) is 9.66 Å². The minimum atomic E-state index is 0.437. The SMILES string of the molecule is Nc1c(-c2ccc(Cl)cc2)ncn1N. The minimum Gasteiger partial charge on any atom is -0.382 e. The predicted octanol–water partition coefficient (Wildman–Crippen LogP) is 1.50. The van der Waals surface area contributed by atoms with Crippen molar-refractivity contribution in [2.24, 2.45) is 0 Å². The Labute approximate surface area is 86.1 Å². The van der Waals surface area contributed by atoms with E-state index in [0.29, 0.717) is 16.5 Å². The monoisotopic (exact) mass is 208 g/mol. The summed E-state index contributed by atoms with van der Waals surface area (Å²) in [4.78, 5) is 4.09. The molecule has 1 heterocycles. The molecule has 0 aliphatic heterocycles. The van der Waals surface area contributed by atoms with Crippen LogP contribution >= 0.6 is 11.6 Å². The lowest BCUT2D eigenvalue weighted by Crippen LogP contribution is -2.09. The molecule has 2 aromatic rings. The summed E-state index contributed by atoms with van der Waals surface area (Å²) in [6.07, 6.45) is 1.47. The first-order valence-electron chi connectivity index (χ1n) is 4.02. The summed E-state index contributed by atoms with van der Waals surface area (Å²) in [5.41, 5.74) is 7.28. The average Bonchev–Trinajstić information content (AvgIpc) is 2.50. The largest absolute Gasteiger partial charge is 0.382 e. The standard InChI is InChI=1S/C9H9ClN4/c10-7-3-1-6(2-4-7)8-9(11)14(12)5-13-8/h1-5H,11-12H2. The third-order valence-electron chi connectivity index (χ3n) is 1.95. The van der Waals surface area contributed by atoms with Crippen molar-refractivity contribution >= 4 is 17.4 Å². The molecule has 4 nitrogen and oxygen atoms in total. The van der Waals surface area contributed by atoms with Crippen LogP contribution in [0.5, 0.6) is 0 Å². The number of rotatable bonds is 1. The fraction of sp³-hybridized carbons (Fsp3) is 0. The Morgan fingerprint density at radius 2 is 1.86 bits per heavy atom. The Morgan fingerprint density at radius 1 is 1.21 bits per heavy atom. The van der Waals surface area contributed by atoms with E-state index in [4.69, 9.17) is 23.2 Å². The third kappa shape index (κ3) is 1.40. The summed E-state index contributed by atoms with van der Waals surface area (Å²) in [6.45, 7) is 0. The number of hydrogen-bond acceptors (Lipinski definition) is 3. The molecular formula is C9H9ClN4. The van der Waals surface area contributed by atoms with Crippen molar-refractivity contribution in [1.82, 2.24) is 9.66 Å². The summed E-state index contributed by atoms with van der Waals surface area (Å²) < 4.78 is 1.28. The maximum atomic E-state index is 5.76. The van der Waals surface area contributed by atoms with E-state index in [2.05, 4.69) is 4.98 Å². The van der Waals surface area contributed by atoms with Crippen LogP contribution in [0, 0.1) is 0 Å².